The highest BCUT2D eigenvalue weighted by atomic mass is 35.5. The van der Waals surface area contributed by atoms with Gasteiger partial charge < -0.3 is 26.0 Å². The van der Waals surface area contributed by atoms with Crippen molar-refractivity contribution in [1.29, 1.82) is 5.26 Å². The zero-order valence-corrected chi connectivity index (χ0v) is 23.5. The third kappa shape index (κ3) is 9.04. The summed E-state index contributed by atoms with van der Waals surface area (Å²) in [6.45, 7) is 6.16. The summed E-state index contributed by atoms with van der Waals surface area (Å²) >= 11 is 6.32. The molecule has 0 aliphatic carbocycles. The fourth-order valence-corrected chi connectivity index (χ4v) is 4.05. The van der Waals surface area contributed by atoms with Crippen molar-refractivity contribution in [3.8, 4) is 18.4 Å². The summed E-state index contributed by atoms with van der Waals surface area (Å²) in [5.41, 5.74) is 6.31. The predicted molar refractivity (Wildman–Crippen MR) is 151 cm³/mol. The first-order valence-electron chi connectivity index (χ1n) is 12.3. The summed E-state index contributed by atoms with van der Waals surface area (Å²) in [4.78, 5) is 52.8. The van der Waals surface area contributed by atoms with Crippen LogP contribution >= 0.6 is 11.6 Å². The Labute approximate surface area is 238 Å². The van der Waals surface area contributed by atoms with Crippen molar-refractivity contribution >= 4 is 41.1 Å². The number of hydrogen-bond acceptors (Lipinski definition) is 6. The van der Waals surface area contributed by atoms with E-state index in [1.165, 1.54) is 0 Å². The molecule has 0 fully saturated rings. The smallest absolute Gasteiger partial charge is 0.408 e. The number of halogens is 1. The number of nitrogens with one attached hydrogen (secondary N) is 2. The molecule has 2 aromatic rings. The van der Waals surface area contributed by atoms with E-state index < -0.39 is 48.0 Å². The van der Waals surface area contributed by atoms with Crippen LogP contribution in [0.3, 0.4) is 0 Å². The third-order valence-electron chi connectivity index (χ3n) is 5.62. The van der Waals surface area contributed by atoms with Crippen LogP contribution < -0.4 is 16.4 Å². The molecule has 0 spiro atoms. The Morgan fingerprint density at radius 1 is 1.15 bits per heavy atom. The lowest BCUT2D eigenvalue weighted by atomic mass is 10.00. The minimum Gasteiger partial charge on any atom is -0.444 e. The highest BCUT2D eigenvalue weighted by Crippen LogP contribution is 2.29. The maximum atomic E-state index is 13.9. The first-order chi connectivity index (χ1) is 18.8. The lowest BCUT2D eigenvalue weighted by Gasteiger charge is -2.33. The van der Waals surface area contributed by atoms with Crippen LogP contribution in [0, 0.1) is 30.6 Å². The Balaban J connectivity index is 2.57. The number of amides is 4. The van der Waals surface area contributed by atoms with Gasteiger partial charge in [-0.1, -0.05) is 41.8 Å². The molecule has 0 aliphatic rings. The van der Waals surface area contributed by atoms with E-state index in [1.807, 2.05) is 6.07 Å². The van der Waals surface area contributed by atoms with E-state index in [0.29, 0.717) is 22.4 Å². The number of anilines is 1. The van der Waals surface area contributed by atoms with E-state index in [4.69, 9.17) is 28.5 Å². The van der Waals surface area contributed by atoms with Crippen LogP contribution in [-0.4, -0.2) is 46.9 Å². The van der Waals surface area contributed by atoms with E-state index in [2.05, 4.69) is 16.6 Å². The van der Waals surface area contributed by atoms with Gasteiger partial charge in [0.25, 0.3) is 5.91 Å². The van der Waals surface area contributed by atoms with Crippen LogP contribution in [0.2, 0.25) is 5.02 Å². The van der Waals surface area contributed by atoms with Crippen LogP contribution in [0.25, 0.3) is 0 Å². The van der Waals surface area contributed by atoms with Gasteiger partial charge in [-0.2, -0.15) is 5.26 Å². The van der Waals surface area contributed by atoms with Gasteiger partial charge in [-0.25, -0.2) is 4.79 Å². The number of nitriles is 1. The zero-order valence-electron chi connectivity index (χ0n) is 22.8. The van der Waals surface area contributed by atoms with Crippen molar-refractivity contribution in [2.45, 2.75) is 58.2 Å². The van der Waals surface area contributed by atoms with Crippen molar-refractivity contribution in [1.82, 2.24) is 10.2 Å². The minimum atomic E-state index is -1.34. The lowest BCUT2D eigenvalue weighted by molar-refractivity contribution is -0.140. The number of carbonyl (C=O) groups excluding carboxylic acids is 4. The first-order valence-corrected chi connectivity index (χ1v) is 12.7. The number of ether oxygens (including phenoxy) is 1. The van der Waals surface area contributed by atoms with Crippen molar-refractivity contribution in [3.63, 3.8) is 0 Å². The second-order valence-electron chi connectivity index (χ2n) is 9.92. The molecule has 4 amide bonds. The number of nitrogens with two attached hydrogens (primary N) is 1. The molecule has 4 N–H and O–H groups in total. The predicted octanol–water partition coefficient (Wildman–Crippen LogP) is 3.82. The molecule has 0 heterocycles. The summed E-state index contributed by atoms with van der Waals surface area (Å²) in [5, 5.41) is 15.1. The Hall–Kier alpha value is -4.54. The van der Waals surface area contributed by atoms with Gasteiger partial charge in [-0.15, -0.1) is 6.42 Å². The molecule has 210 valence electrons. The largest absolute Gasteiger partial charge is 0.444 e. The second kappa shape index (κ2) is 14.0. The number of nitrogens with zero attached hydrogens (tertiary/aromatic N) is 2. The van der Waals surface area contributed by atoms with Gasteiger partial charge in [0.15, 0.2) is 0 Å². The molecular formula is C29H32ClN5O5. The van der Waals surface area contributed by atoms with Gasteiger partial charge in [0.05, 0.1) is 16.8 Å². The fraction of sp³-hybridized carbons (Fsp3) is 0.345. The summed E-state index contributed by atoms with van der Waals surface area (Å²) in [5.74, 6) is 0.312. The summed E-state index contributed by atoms with van der Waals surface area (Å²) in [6.07, 6.45) is 4.11. The molecular weight excluding hydrogens is 534 g/mol. The average molecular weight is 566 g/mol. The van der Waals surface area contributed by atoms with Gasteiger partial charge >= 0.3 is 6.09 Å². The zero-order chi connectivity index (χ0) is 30.0. The minimum absolute atomic E-state index is 0.191. The Morgan fingerprint density at radius 3 is 2.33 bits per heavy atom. The van der Waals surface area contributed by atoms with Gasteiger partial charge in [-0.3, -0.25) is 14.4 Å². The highest BCUT2D eigenvalue weighted by molar-refractivity contribution is 6.34. The number of hydrogen-bond donors (Lipinski definition) is 3. The van der Waals surface area contributed by atoms with Crippen LogP contribution in [0.1, 0.15) is 56.3 Å². The maximum Gasteiger partial charge on any atom is 0.408 e. The maximum absolute atomic E-state index is 13.9. The summed E-state index contributed by atoms with van der Waals surface area (Å²) in [6, 6.07) is 10.6. The lowest BCUT2D eigenvalue weighted by Crippen LogP contribution is -2.52. The van der Waals surface area contributed by atoms with Gasteiger partial charge in [0.1, 0.15) is 24.2 Å². The molecule has 2 rings (SSSR count). The molecule has 11 heteroatoms. The molecule has 2 aromatic carbocycles. The Morgan fingerprint density at radius 2 is 1.80 bits per heavy atom. The molecule has 2 unspecified atom stereocenters. The van der Waals surface area contributed by atoms with Gasteiger partial charge in [0, 0.05) is 12.0 Å². The fourth-order valence-electron chi connectivity index (χ4n) is 3.78. The molecule has 0 saturated carbocycles. The quantitative estimate of drug-likeness (QED) is 0.294. The van der Waals surface area contributed by atoms with E-state index in [9.17, 15) is 24.4 Å². The normalized spacial score (nSPS) is 12.2. The Kier molecular flexibility index (Phi) is 11.1. The van der Waals surface area contributed by atoms with Crippen LogP contribution in [0.5, 0.6) is 0 Å². The molecule has 0 bridgehead atoms. The van der Waals surface area contributed by atoms with E-state index in [0.717, 1.165) is 4.90 Å². The van der Waals surface area contributed by atoms with E-state index in [1.54, 1.807) is 70.2 Å². The van der Waals surface area contributed by atoms with Crippen molar-refractivity contribution in [3.05, 3.63) is 64.2 Å². The Bertz CT molecular complexity index is 1320. The molecule has 10 nitrogen and oxygen atoms in total. The van der Waals surface area contributed by atoms with Gasteiger partial charge in [0.2, 0.25) is 11.8 Å². The highest BCUT2D eigenvalue weighted by Gasteiger charge is 2.36. The number of primary amides is 1. The average Bonchev–Trinajstić information content (AvgIpc) is 2.87. The number of carbonyl (C=O) groups is 4. The van der Waals surface area contributed by atoms with Gasteiger partial charge in [-0.05, 0) is 63.4 Å². The molecule has 0 aromatic heterocycles. The van der Waals surface area contributed by atoms with E-state index in [-0.39, 0.29) is 17.9 Å². The number of alkyl carbamates (subject to hydrolysis) is 1. The molecule has 0 saturated heterocycles. The standard InChI is InChI=1S/C29H32ClN5O5/c1-6-19-10-12-20(13-11-19)25(26(37)34-24-18(2)8-7-9-21(24)30)35(17-16-31)27(38)22(14-15-23(32)36)33-28(39)40-29(3,4)5/h1,7-13,22,25H,14-15,17H2,2-5H3,(H2,32,36)(H,33,39)(H,34,37). The molecule has 40 heavy (non-hydrogen) atoms. The van der Waals surface area contributed by atoms with E-state index >= 15 is 0 Å². The second-order valence-corrected chi connectivity index (χ2v) is 10.3. The van der Waals surface area contributed by atoms with Crippen LogP contribution in [0.4, 0.5) is 10.5 Å². The summed E-state index contributed by atoms with van der Waals surface area (Å²) < 4.78 is 5.27. The van der Waals surface area contributed by atoms with Crippen molar-refractivity contribution < 1.29 is 23.9 Å². The number of para-hydroxylation sites is 1. The number of benzene rings is 2. The molecule has 0 aliphatic heterocycles. The number of aryl methyl sites for hydroxylation is 1. The monoisotopic (exact) mass is 565 g/mol. The first kappa shape index (κ1) is 31.7. The van der Waals surface area contributed by atoms with Crippen molar-refractivity contribution in [2.24, 2.45) is 5.73 Å². The topological polar surface area (TPSA) is 155 Å². The number of terminal acetylenes is 1. The molecule has 2 atom stereocenters. The summed E-state index contributed by atoms with van der Waals surface area (Å²) in [7, 11) is 0. The van der Waals surface area contributed by atoms with Crippen molar-refractivity contribution in [2.75, 3.05) is 11.9 Å². The molecule has 0 radical (unpaired) electrons. The number of rotatable bonds is 10. The van der Waals surface area contributed by atoms with Crippen LogP contribution in [-0.2, 0) is 19.1 Å². The third-order valence-corrected chi connectivity index (χ3v) is 5.93. The van der Waals surface area contributed by atoms with Crippen LogP contribution in [0.15, 0.2) is 42.5 Å². The SMILES string of the molecule is C#Cc1ccc(C(C(=O)Nc2c(C)cccc2Cl)N(CC#N)C(=O)C(CCC(N)=O)NC(=O)OC(C)(C)C)cc1.